The van der Waals surface area contributed by atoms with Gasteiger partial charge in [0.05, 0.1) is 12.5 Å². The molecule has 0 aromatic heterocycles. The number of carbonyl (C=O) groups is 2. The maximum Gasteiger partial charge on any atom is 0.308 e. The van der Waals surface area contributed by atoms with Crippen LogP contribution in [-0.2, 0) is 14.3 Å². The lowest BCUT2D eigenvalue weighted by Gasteiger charge is -2.25. The van der Waals surface area contributed by atoms with Crippen molar-refractivity contribution in [3.05, 3.63) is 0 Å². The van der Waals surface area contributed by atoms with Crippen LogP contribution in [0, 0.1) is 11.8 Å². The van der Waals surface area contributed by atoms with Crippen LogP contribution in [0.2, 0.25) is 0 Å². The number of hydrogen-bond acceptors (Lipinski definition) is 4. The van der Waals surface area contributed by atoms with Gasteiger partial charge in [0.15, 0.2) is 0 Å². The summed E-state index contributed by atoms with van der Waals surface area (Å²) in [5.41, 5.74) is 0. The van der Waals surface area contributed by atoms with E-state index in [1.807, 2.05) is 0 Å². The molecule has 0 unspecified atom stereocenters. The maximum absolute atomic E-state index is 11.8. The maximum atomic E-state index is 11.8. The Morgan fingerprint density at radius 2 is 1.74 bits per heavy atom. The second-order valence-corrected chi connectivity index (χ2v) is 5.27. The highest BCUT2D eigenvalue weighted by Gasteiger charge is 2.26. The molecule has 1 fully saturated rings. The summed E-state index contributed by atoms with van der Waals surface area (Å²) in [6, 6.07) is 0. The minimum absolute atomic E-state index is 0.0122. The number of unbranched alkanes of at least 4 members (excludes halogenated alkanes) is 2. The molecular weight excluding hydrogens is 248 g/mol. The predicted molar refractivity (Wildman–Crippen MR) is 69.6 cm³/mol. The Hall–Kier alpha value is -1.10. The number of aliphatic hydroxyl groups excluding tert-OH is 1. The molecule has 0 aromatic rings. The summed E-state index contributed by atoms with van der Waals surface area (Å²) in [4.78, 5) is 22.1. The lowest BCUT2D eigenvalue weighted by atomic mass is 9.82. The lowest BCUT2D eigenvalue weighted by Crippen LogP contribution is -2.25. The normalized spacial score (nSPS) is 23.0. The topological polar surface area (TPSA) is 83.8 Å². The van der Waals surface area contributed by atoms with Crippen LogP contribution in [0.5, 0.6) is 0 Å². The second kappa shape index (κ2) is 8.91. The zero-order valence-corrected chi connectivity index (χ0v) is 11.3. The molecule has 0 spiro atoms. The number of aliphatic carboxylic acids is 1. The monoisotopic (exact) mass is 272 g/mol. The van der Waals surface area contributed by atoms with E-state index in [1.165, 1.54) is 0 Å². The first-order valence-corrected chi connectivity index (χ1v) is 7.12. The van der Waals surface area contributed by atoms with Gasteiger partial charge in [0, 0.05) is 13.0 Å². The zero-order chi connectivity index (χ0) is 14.1. The van der Waals surface area contributed by atoms with Crippen LogP contribution in [0.3, 0.4) is 0 Å². The summed E-state index contributed by atoms with van der Waals surface area (Å²) in [6.45, 7) is 0.601. The quantitative estimate of drug-likeness (QED) is 0.521. The minimum Gasteiger partial charge on any atom is -0.481 e. The van der Waals surface area contributed by atoms with Crippen molar-refractivity contribution in [3.63, 3.8) is 0 Å². The van der Waals surface area contributed by atoms with Crippen LogP contribution >= 0.6 is 0 Å². The summed E-state index contributed by atoms with van der Waals surface area (Å²) in [6.07, 6.45) is 5.73. The van der Waals surface area contributed by atoms with Crippen LogP contribution in [0.25, 0.3) is 0 Å². The number of hydrogen-bond donors (Lipinski definition) is 2. The van der Waals surface area contributed by atoms with Gasteiger partial charge in [-0.05, 0) is 50.9 Å². The van der Waals surface area contributed by atoms with Gasteiger partial charge >= 0.3 is 11.9 Å². The molecule has 5 heteroatoms. The molecule has 0 heterocycles. The van der Waals surface area contributed by atoms with Gasteiger partial charge < -0.3 is 14.9 Å². The third kappa shape index (κ3) is 6.57. The van der Waals surface area contributed by atoms with E-state index in [0.717, 1.165) is 38.5 Å². The Bertz CT molecular complexity index is 282. The molecule has 0 saturated heterocycles. The molecule has 110 valence electrons. The first-order chi connectivity index (χ1) is 9.13. The molecule has 2 N–H and O–H groups in total. The van der Waals surface area contributed by atoms with E-state index in [-0.39, 0.29) is 24.9 Å². The van der Waals surface area contributed by atoms with Gasteiger partial charge in [-0.1, -0.05) is 0 Å². The van der Waals surface area contributed by atoms with Crippen LogP contribution in [0.4, 0.5) is 0 Å². The average Bonchev–Trinajstić information content (AvgIpc) is 2.42. The van der Waals surface area contributed by atoms with Crippen LogP contribution in [0.15, 0.2) is 0 Å². The fourth-order valence-corrected chi connectivity index (χ4v) is 2.43. The molecule has 0 radical (unpaired) electrons. The fourth-order valence-electron chi connectivity index (χ4n) is 2.43. The Morgan fingerprint density at radius 1 is 1.05 bits per heavy atom. The number of carboxylic acid groups (broad SMARTS) is 1. The highest BCUT2D eigenvalue weighted by molar-refractivity contribution is 5.72. The van der Waals surface area contributed by atoms with Crippen molar-refractivity contribution in [2.24, 2.45) is 11.8 Å². The molecule has 1 aliphatic rings. The van der Waals surface area contributed by atoms with Gasteiger partial charge in [-0.2, -0.15) is 0 Å². The molecule has 1 rings (SSSR count). The van der Waals surface area contributed by atoms with E-state index in [1.54, 1.807) is 0 Å². The highest BCUT2D eigenvalue weighted by Crippen LogP contribution is 2.29. The first-order valence-electron chi connectivity index (χ1n) is 7.12. The summed E-state index contributed by atoms with van der Waals surface area (Å²) < 4.78 is 5.21. The van der Waals surface area contributed by atoms with Crippen molar-refractivity contribution in [2.75, 3.05) is 13.2 Å². The number of carboxylic acids is 1. The molecule has 0 aliphatic heterocycles. The van der Waals surface area contributed by atoms with Crippen molar-refractivity contribution in [3.8, 4) is 0 Å². The average molecular weight is 272 g/mol. The second-order valence-electron chi connectivity index (χ2n) is 5.27. The standard InChI is InChI=1S/C14H24O5/c15-10-11-5-7-12(8-6-11)14(18)19-9-3-1-2-4-13(16)17/h11-12,15H,1-10H2,(H,16,17). The summed E-state index contributed by atoms with van der Waals surface area (Å²) in [7, 11) is 0. The SMILES string of the molecule is O=C(O)CCCCCOC(=O)C1CCC(CO)CC1. The molecular formula is C14H24O5. The number of aliphatic hydroxyl groups is 1. The largest absolute Gasteiger partial charge is 0.481 e. The zero-order valence-electron chi connectivity index (χ0n) is 11.3. The number of ether oxygens (including phenoxy) is 1. The molecule has 0 atom stereocenters. The minimum atomic E-state index is -0.780. The van der Waals surface area contributed by atoms with E-state index in [2.05, 4.69) is 0 Å². The van der Waals surface area contributed by atoms with Crippen molar-refractivity contribution in [1.82, 2.24) is 0 Å². The summed E-state index contributed by atoms with van der Waals surface area (Å²) in [5, 5.41) is 17.5. The Balaban J connectivity index is 2.03. The van der Waals surface area contributed by atoms with E-state index in [9.17, 15) is 9.59 Å². The summed E-state index contributed by atoms with van der Waals surface area (Å²) >= 11 is 0. The van der Waals surface area contributed by atoms with Gasteiger partial charge in [-0.15, -0.1) is 0 Å². The van der Waals surface area contributed by atoms with Crippen molar-refractivity contribution in [2.45, 2.75) is 51.4 Å². The van der Waals surface area contributed by atoms with E-state index in [4.69, 9.17) is 14.9 Å². The summed E-state index contributed by atoms with van der Waals surface area (Å²) in [5.74, 6) is -0.575. The van der Waals surface area contributed by atoms with E-state index < -0.39 is 5.97 Å². The van der Waals surface area contributed by atoms with E-state index in [0.29, 0.717) is 18.9 Å². The third-order valence-electron chi connectivity index (χ3n) is 3.72. The van der Waals surface area contributed by atoms with Gasteiger partial charge in [0.25, 0.3) is 0 Å². The Morgan fingerprint density at radius 3 is 2.32 bits per heavy atom. The van der Waals surface area contributed by atoms with Crippen LogP contribution in [0.1, 0.15) is 51.4 Å². The van der Waals surface area contributed by atoms with Gasteiger partial charge in [0.2, 0.25) is 0 Å². The smallest absolute Gasteiger partial charge is 0.308 e. The molecule has 0 bridgehead atoms. The fraction of sp³-hybridized carbons (Fsp3) is 0.857. The molecule has 1 saturated carbocycles. The van der Waals surface area contributed by atoms with Crippen molar-refractivity contribution < 1.29 is 24.5 Å². The first kappa shape index (κ1) is 16.0. The number of rotatable bonds is 8. The highest BCUT2D eigenvalue weighted by atomic mass is 16.5. The van der Waals surface area contributed by atoms with Gasteiger partial charge in [-0.25, -0.2) is 0 Å². The molecule has 19 heavy (non-hydrogen) atoms. The molecule has 0 amide bonds. The van der Waals surface area contributed by atoms with Crippen molar-refractivity contribution >= 4 is 11.9 Å². The number of esters is 1. The Kier molecular flexibility index (Phi) is 7.48. The van der Waals surface area contributed by atoms with Crippen LogP contribution < -0.4 is 0 Å². The van der Waals surface area contributed by atoms with Crippen LogP contribution in [-0.4, -0.2) is 35.4 Å². The third-order valence-corrected chi connectivity index (χ3v) is 3.72. The van der Waals surface area contributed by atoms with Gasteiger partial charge in [0.1, 0.15) is 0 Å². The number of carbonyl (C=O) groups excluding carboxylic acids is 1. The molecule has 5 nitrogen and oxygen atoms in total. The van der Waals surface area contributed by atoms with Gasteiger partial charge in [-0.3, -0.25) is 9.59 Å². The predicted octanol–water partition coefficient (Wildman–Crippen LogP) is 1.97. The lowest BCUT2D eigenvalue weighted by molar-refractivity contribution is -0.150. The molecule has 1 aliphatic carbocycles. The van der Waals surface area contributed by atoms with Crippen molar-refractivity contribution in [1.29, 1.82) is 0 Å². The van der Waals surface area contributed by atoms with E-state index >= 15 is 0 Å². The molecule has 0 aromatic carbocycles. The Labute approximate surface area is 114 Å².